The topological polar surface area (TPSA) is 20.2 Å². The summed E-state index contributed by atoms with van der Waals surface area (Å²) in [6, 6.07) is 3.57. The monoisotopic (exact) mass is 214 g/mol. The molecule has 0 unspecified atom stereocenters. The fraction of sp³-hybridized carbons (Fsp3) is 0.273. The largest absolute Gasteiger partial charge is 0.416 e. The van der Waals surface area contributed by atoms with E-state index in [4.69, 9.17) is 5.11 Å². The molecule has 0 bridgehead atoms. The van der Waals surface area contributed by atoms with Gasteiger partial charge in [0.1, 0.15) is 6.61 Å². The van der Waals surface area contributed by atoms with Gasteiger partial charge >= 0.3 is 6.18 Å². The Morgan fingerprint density at radius 3 is 2.47 bits per heavy atom. The van der Waals surface area contributed by atoms with Gasteiger partial charge in [-0.3, -0.25) is 0 Å². The van der Waals surface area contributed by atoms with Crippen LogP contribution in [0, 0.1) is 18.8 Å². The van der Waals surface area contributed by atoms with Crippen molar-refractivity contribution in [3.8, 4) is 11.8 Å². The predicted molar refractivity (Wildman–Crippen MR) is 50.1 cm³/mol. The molecule has 0 spiro atoms. The molecule has 15 heavy (non-hydrogen) atoms. The lowest BCUT2D eigenvalue weighted by atomic mass is 10.1. The van der Waals surface area contributed by atoms with Crippen LogP contribution >= 0.6 is 0 Å². The summed E-state index contributed by atoms with van der Waals surface area (Å²) >= 11 is 0. The van der Waals surface area contributed by atoms with Gasteiger partial charge in [-0.1, -0.05) is 11.8 Å². The minimum absolute atomic E-state index is 0.261. The maximum Gasteiger partial charge on any atom is 0.416 e. The van der Waals surface area contributed by atoms with E-state index in [-0.39, 0.29) is 12.2 Å². The molecule has 1 aromatic rings. The lowest BCUT2D eigenvalue weighted by Crippen LogP contribution is -2.05. The maximum absolute atomic E-state index is 12.4. The van der Waals surface area contributed by atoms with Gasteiger partial charge in [-0.15, -0.1) is 0 Å². The molecular weight excluding hydrogens is 205 g/mol. The third-order valence-corrected chi connectivity index (χ3v) is 1.72. The molecule has 0 aliphatic rings. The summed E-state index contributed by atoms with van der Waals surface area (Å²) in [6.07, 6.45) is -4.36. The van der Waals surface area contributed by atoms with Crippen LogP contribution in [0.4, 0.5) is 13.2 Å². The molecule has 1 N–H and O–H groups in total. The normalized spacial score (nSPS) is 10.7. The summed E-state index contributed by atoms with van der Waals surface area (Å²) in [5, 5.41) is 8.43. The molecule has 4 heteroatoms. The fourth-order valence-electron chi connectivity index (χ4n) is 1.16. The van der Waals surface area contributed by atoms with E-state index in [1.54, 1.807) is 6.92 Å². The minimum Gasteiger partial charge on any atom is -0.384 e. The van der Waals surface area contributed by atoms with Crippen molar-refractivity contribution in [2.75, 3.05) is 6.61 Å². The molecule has 0 saturated carbocycles. The van der Waals surface area contributed by atoms with E-state index < -0.39 is 11.7 Å². The molecule has 0 aliphatic heterocycles. The number of aliphatic hydroxyl groups excluding tert-OH is 1. The highest BCUT2D eigenvalue weighted by molar-refractivity contribution is 5.41. The van der Waals surface area contributed by atoms with Crippen molar-refractivity contribution in [3.63, 3.8) is 0 Å². The first-order chi connectivity index (χ1) is 6.93. The molecule has 1 aromatic carbocycles. The molecule has 0 aliphatic carbocycles. The van der Waals surface area contributed by atoms with Crippen molar-refractivity contribution in [1.82, 2.24) is 0 Å². The Balaban J connectivity index is 3.17. The van der Waals surface area contributed by atoms with Crippen molar-refractivity contribution in [1.29, 1.82) is 0 Å². The first-order valence-corrected chi connectivity index (χ1v) is 4.22. The lowest BCUT2D eigenvalue weighted by Gasteiger charge is -2.07. The zero-order chi connectivity index (χ0) is 11.5. The van der Waals surface area contributed by atoms with Crippen LogP contribution in [0.3, 0.4) is 0 Å². The molecule has 0 heterocycles. The molecule has 0 saturated heterocycles. The summed E-state index contributed by atoms with van der Waals surface area (Å²) in [5.41, 5.74) is 0.0354. The summed E-state index contributed by atoms with van der Waals surface area (Å²) in [4.78, 5) is 0. The van der Waals surface area contributed by atoms with E-state index in [0.29, 0.717) is 5.56 Å². The van der Waals surface area contributed by atoms with Crippen molar-refractivity contribution >= 4 is 0 Å². The summed E-state index contributed by atoms with van der Waals surface area (Å²) in [7, 11) is 0. The SMILES string of the molecule is Cc1cc(C#CCO)cc(C(F)(F)F)c1. The smallest absolute Gasteiger partial charge is 0.384 e. The molecule has 0 aromatic heterocycles. The van der Waals surface area contributed by atoms with Crippen LogP contribution in [0.15, 0.2) is 18.2 Å². The van der Waals surface area contributed by atoms with Crippen molar-refractivity contribution < 1.29 is 18.3 Å². The Hall–Kier alpha value is -1.47. The Labute approximate surface area is 85.5 Å². The summed E-state index contributed by atoms with van der Waals surface area (Å²) in [6.45, 7) is 1.20. The second kappa shape index (κ2) is 4.37. The number of rotatable bonds is 0. The van der Waals surface area contributed by atoms with Gasteiger partial charge in [0.2, 0.25) is 0 Å². The van der Waals surface area contributed by atoms with Gasteiger partial charge in [0.05, 0.1) is 5.56 Å². The number of hydrogen-bond acceptors (Lipinski definition) is 1. The predicted octanol–water partition coefficient (Wildman–Crippen LogP) is 2.36. The maximum atomic E-state index is 12.4. The Kier molecular flexibility index (Phi) is 3.38. The molecule has 1 nitrogen and oxygen atoms in total. The lowest BCUT2D eigenvalue weighted by molar-refractivity contribution is -0.137. The van der Waals surface area contributed by atoms with Crippen LogP contribution in [0.1, 0.15) is 16.7 Å². The van der Waals surface area contributed by atoms with E-state index in [1.807, 2.05) is 0 Å². The highest BCUT2D eigenvalue weighted by atomic mass is 19.4. The number of halogens is 3. The van der Waals surface area contributed by atoms with Gasteiger partial charge in [0, 0.05) is 5.56 Å². The molecule has 0 radical (unpaired) electrons. The Morgan fingerprint density at radius 1 is 1.27 bits per heavy atom. The highest BCUT2D eigenvalue weighted by Crippen LogP contribution is 2.30. The summed E-state index contributed by atoms with van der Waals surface area (Å²) in [5.74, 6) is 4.76. The van der Waals surface area contributed by atoms with E-state index >= 15 is 0 Å². The zero-order valence-corrected chi connectivity index (χ0v) is 8.02. The molecule has 0 atom stereocenters. The third-order valence-electron chi connectivity index (χ3n) is 1.72. The second-order valence-electron chi connectivity index (χ2n) is 3.05. The van der Waals surface area contributed by atoms with Crippen molar-refractivity contribution in [2.24, 2.45) is 0 Å². The first kappa shape index (κ1) is 11.6. The summed E-state index contributed by atoms with van der Waals surface area (Å²) < 4.78 is 37.1. The third kappa shape index (κ3) is 3.30. The Morgan fingerprint density at radius 2 is 1.93 bits per heavy atom. The number of aliphatic hydroxyl groups is 1. The van der Waals surface area contributed by atoms with Crippen LogP contribution < -0.4 is 0 Å². The average molecular weight is 214 g/mol. The standard InChI is InChI=1S/C11H9F3O/c1-8-5-9(3-2-4-15)7-10(6-8)11(12,13)14/h5-7,15H,4H2,1H3. The molecule has 0 amide bonds. The first-order valence-electron chi connectivity index (χ1n) is 4.22. The highest BCUT2D eigenvalue weighted by Gasteiger charge is 2.30. The van der Waals surface area contributed by atoms with E-state index in [2.05, 4.69) is 11.8 Å². The van der Waals surface area contributed by atoms with Crippen LogP contribution in [0.5, 0.6) is 0 Å². The number of alkyl halides is 3. The number of aryl methyl sites for hydroxylation is 1. The van der Waals surface area contributed by atoms with Crippen molar-refractivity contribution in [2.45, 2.75) is 13.1 Å². The van der Waals surface area contributed by atoms with Crippen LogP contribution in [-0.4, -0.2) is 11.7 Å². The van der Waals surface area contributed by atoms with E-state index in [1.165, 1.54) is 6.07 Å². The average Bonchev–Trinajstić information content (AvgIpc) is 2.12. The molecule has 80 valence electrons. The van der Waals surface area contributed by atoms with Crippen molar-refractivity contribution in [3.05, 3.63) is 34.9 Å². The van der Waals surface area contributed by atoms with Gasteiger partial charge in [-0.2, -0.15) is 13.2 Å². The van der Waals surface area contributed by atoms with Gasteiger partial charge < -0.3 is 5.11 Å². The minimum atomic E-state index is -4.36. The van der Waals surface area contributed by atoms with E-state index in [0.717, 1.165) is 12.1 Å². The van der Waals surface area contributed by atoms with Crippen LogP contribution in [0.2, 0.25) is 0 Å². The van der Waals surface area contributed by atoms with Crippen LogP contribution in [-0.2, 0) is 6.18 Å². The van der Waals surface area contributed by atoms with Crippen LogP contribution in [0.25, 0.3) is 0 Å². The van der Waals surface area contributed by atoms with Gasteiger partial charge in [0.15, 0.2) is 0 Å². The number of hydrogen-bond donors (Lipinski definition) is 1. The molecular formula is C11H9F3O. The Bertz CT molecular complexity index is 410. The molecule has 0 fully saturated rings. The fourth-order valence-corrected chi connectivity index (χ4v) is 1.16. The van der Waals surface area contributed by atoms with Gasteiger partial charge in [0.25, 0.3) is 0 Å². The van der Waals surface area contributed by atoms with Gasteiger partial charge in [-0.25, -0.2) is 0 Å². The second-order valence-corrected chi connectivity index (χ2v) is 3.05. The molecule has 1 rings (SSSR count). The van der Waals surface area contributed by atoms with Gasteiger partial charge in [-0.05, 0) is 30.7 Å². The quantitative estimate of drug-likeness (QED) is 0.657. The van der Waals surface area contributed by atoms with E-state index in [9.17, 15) is 13.2 Å². The zero-order valence-electron chi connectivity index (χ0n) is 8.02. The number of benzene rings is 1.